The van der Waals surface area contributed by atoms with Crippen molar-refractivity contribution in [2.75, 3.05) is 19.7 Å². The first-order valence-corrected chi connectivity index (χ1v) is 9.59. The van der Waals surface area contributed by atoms with E-state index < -0.39 is 23.9 Å². The van der Waals surface area contributed by atoms with Gasteiger partial charge in [-0.1, -0.05) is 55.5 Å². The van der Waals surface area contributed by atoms with Crippen LogP contribution in [-0.4, -0.2) is 42.8 Å². The van der Waals surface area contributed by atoms with Crippen molar-refractivity contribution in [1.82, 2.24) is 10.6 Å². The summed E-state index contributed by atoms with van der Waals surface area (Å²) in [7, 11) is 0. The summed E-state index contributed by atoms with van der Waals surface area (Å²) in [6.45, 7) is 1.65. The fraction of sp³-hybridized carbons (Fsp3) is 0.318. The molecule has 0 aromatic heterocycles. The van der Waals surface area contributed by atoms with Gasteiger partial charge in [0, 0.05) is 12.5 Å². The number of ether oxygens (including phenoxy) is 1. The molecule has 1 atom stereocenters. The number of amides is 2. The maximum atomic E-state index is 12.0. The molecule has 2 amide bonds. The van der Waals surface area contributed by atoms with Gasteiger partial charge in [0.25, 0.3) is 0 Å². The molecule has 7 nitrogen and oxygen atoms in total. The Balaban J connectivity index is 1.50. The summed E-state index contributed by atoms with van der Waals surface area (Å²) < 4.78 is 5.35. The Kier molecular flexibility index (Phi) is 6.49. The van der Waals surface area contributed by atoms with Gasteiger partial charge >= 0.3 is 12.1 Å². The number of carbonyl (C=O) groups is 3. The van der Waals surface area contributed by atoms with Crippen LogP contribution in [0.3, 0.4) is 0 Å². The van der Waals surface area contributed by atoms with Crippen molar-refractivity contribution in [3.8, 4) is 11.1 Å². The normalized spacial score (nSPS) is 13.1. The molecule has 0 spiro atoms. The molecule has 0 heterocycles. The number of alkyl carbamates (subject to hydrolysis) is 1. The van der Waals surface area contributed by atoms with Gasteiger partial charge in [-0.15, -0.1) is 0 Å². The van der Waals surface area contributed by atoms with Gasteiger partial charge in [-0.05, 0) is 28.7 Å². The molecule has 1 aliphatic rings. The molecule has 0 saturated heterocycles. The highest BCUT2D eigenvalue weighted by atomic mass is 16.5. The van der Waals surface area contributed by atoms with Gasteiger partial charge in [0.1, 0.15) is 6.61 Å². The number of aliphatic carboxylic acids is 1. The topological polar surface area (TPSA) is 105 Å². The van der Waals surface area contributed by atoms with E-state index in [0.29, 0.717) is 6.42 Å². The second-order valence-corrected chi connectivity index (χ2v) is 6.93. The molecule has 0 aliphatic heterocycles. The molecular formula is C22H24N2O5. The molecular weight excluding hydrogens is 372 g/mol. The highest BCUT2D eigenvalue weighted by molar-refractivity contribution is 5.83. The van der Waals surface area contributed by atoms with E-state index in [1.54, 1.807) is 6.92 Å². The molecule has 2 aromatic rings. The highest BCUT2D eigenvalue weighted by Crippen LogP contribution is 2.44. The van der Waals surface area contributed by atoms with E-state index >= 15 is 0 Å². The van der Waals surface area contributed by atoms with Gasteiger partial charge in [-0.2, -0.15) is 0 Å². The van der Waals surface area contributed by atoms with Crippen molar-refractivity contribution in [2.45, 2.75) is 19.3 Å². The third-order valence-corrected chi connectivity index (χ3v) is 5.12. The molecule has 2 aromatic carbocycles. The first-order chi connectivity index (χ1) is 14.0. The first-order valence-electron chi connectivity index (χ1n) is 9.59. The molecule has 1 unspecified atom stereocenters. The Morgan fingerprint density at radius 3 is 2.14 bits per heavy atom. The van der Waals surface area contributed by atoms with Crippen LogP contribution in [0.5, 0.6) is 0 Å². The van der Waals surface area contributed by atoms with E-state index in [-0.39, 0.29) is 25.6 Å². The predicted molar refractivity (Wildman–Crippen MR) is 107 cm³/mol. The van der Waals surface area contributed by atoms with Crippen molar-refractivity contribution in [2.24, 2.45) is 5.92 Å². The first kappa shape index (κ1) is 20.4. The molecule has 0 fully saturated rings. The van der Waals surface area contributed by atoms with Crippen LogP contribution in [-0.2, 0) is 14.3 Å². The van der Waals surface area contributed by atoms with Crippen LogP contribution in [0.1, 0.15) is 30.4 Å². The maximum absolute atomic E-state index is 12.0. The summed E-state index contributed by atoms with van der Waals surface area (Å²) in [6, 6.07) is 16.1. The monoisotopic (exact) mass is 396 g/mol. The lowest BCUT2D eigenvalue weighted by molar-refractivity contribution is -0.141. The van der Waals surface area contributed by atoms with Gasteiger partial charge in [0.05, 0.1) is 12.5 Å². The summed E-state index contributed by atoms with van der Waals surface area (Å²) >= 11 is 0. The number of fused-ring (bicyclic) bond motifs is 3. The number of carboxylic acids is 1. The Bertz CT molecular complexity index is 866. The molecule has 29 heavy (non-hydrogen) atoms. The fourth-order valence-corrected chi connectivity index (χ4v) is 3.51. The summed E-state index contributed by atoms with van der Waals surface area (Å²) in [4.78, 5) is 34.8. The minimum atomic E-state index is -0.961. The zero-order valence-electron chi connectivity index (χ0n) is 16.2. The molecule has 7 heteroatoms. The van der Waals surface area contributed by atoms with E-state index in [2.05, 4.69) is 22.8 Å². The molecule has 3 N–H and O–H groups in total. The Morgan fingerprint density at radius 2 is 1.59 bits per heavy atom. The third-order valence-electron chi connectivity index (χ3n) is 5.12. The van der Waals surface area contributed by atoms with E-state index in [0.717, 1.165) is 22.3 Å². The van der Waals surface area contributed by atoms with Gasteiger partial charge in [0.2, 0.25) is 5.91 Å². The van der Waals surface area contributed by atoms with E-state index in [1.165, 1.54) is 0 Å². The van der Waals surface area contributed by atoms with Gasteiger partial charge in [-0.25, -0.2) is 4.79 Å². The summed E-state index contributed by atoms with van der Waals surface area (Å²) in [5, 5.41) is 13.9. The van der Waals surface area contributed by atoms with E-state index in [1.807, 2.05) is 36.4 Å². The minimum Gasteiger partial charge on any atom is -0.481 e. The zero-order valence-corrected chi connectivity index (χ0v) is 16.2. The van der Waals surface area contributed by atoms with Crippen molar-refractivity contribution >= 4 is 18.0 Å². The zero-order chi connectivity index (χ0) is 20.8. The minimum absolute atomic E-state index is 0.0248. The number of carboxylic acid groups (broad SMARTS) is 1. The molecule has 3 rings (SSSR count). The summed E-state index contributed by atoms with van der Waals surface area (Å²) in [5.41, 5.74) is 4.50. The highest BCUT2D eigenvalue weighted by Gasteiger charge is 2.29. The van der Waals surface area contributed by atoms with Crippen LogP contribution in [0.4, 0.5) is 4.79 Å². The fourth-order valence-electron chi connectivity index (χ4n) is 3.51. The standard InChI is InChI=1S/C22H24N2O5/c1-2-14(21(26)27)11-23-20(25)12-24-22(28)29-13-19-17-9-5-3-7-15(17)16-8-4-6-10-18(16)19/h3-10,14,19H,2,11-13H2,1H3,(H,23,25)(H,24,28)(H,26,27). The average Bonchev–Trinajstić information content (AvgIpc) is 3.05. The number of carbonyl (C=O) groups excluding carboxylic acids is 2. The Morgan fingerprint density at radius 1 is 1.00 bits per heavy atom. The third kappa shape index (κ3) is 4.74. The van der Waals surface area contributed by atoms with Crippen LogP contribution in [0.2, 0.25) is 0 Å². The van der Waals surface area contributed by atoms with Crippen molar-refractivity contribution in [1.29, 1.82) is 0 Å². The van der Waals surface area contributed by atoms with Gasteiger partial charge in [-0.3, -0.25) is 9.59 Å². The van der Waals surface area contributed by atoms with Crippen molar-refractivity contribution in [3.05, 3.63) is 59.7 Å². The van der Waals surface area contributed by atoms with Crippen LogP contribution >= 0.6 is 0 Å². The van der Waals surface area contributed by atoms with Gasteiger partial charge in [0.15, 0.2) is 0 Å². The van der Waals surface area contributed by atoms with Gasteiger partial charge < -0.3 is 20.5 Å². The average molecular weight is 396 g/mol. The molecule has 0 bridgehead atoms. The number of rotatable bonds is 8. The molecule has 152 valence electrons. The maximum Gasteiger partial charge on any atom is 0.407 e. The van der Waals surface area contributed by atoms with Crippen molar-refractivity contribution in [3.63, 3.8) is 0 Å². The number of hydrogen-bond donors (Lipinski definition) is 3. The summed E-state index contributed by atoms with van der Waals surface area (Å²) in [5.74, 6) is -2.12. The predicted octanol–water partition coefficient (Wildman–Crippen LogP) is 2.75. The second-order valence-electron chi connectivity index (χ2n) is 6.93. The van der Waals surface area contributed by atoms with Crippen LogP contribution in [0.15, 0.2) is 48.5 Å². The summed E-state index contributed by atoms with van der Waals surface area (Å²) in [6.07, 6.45) is -0.276. The van der Waals surface area contributed by atoms with E-state index in [9.17, 15) is 14.4 Å². The lowest BCUT2D eigenvalue weighted by Gasteiger charge is -2.15. The quantitative estimate of drug-likeness (QED) is 0.636. The number of benzene rings is 2. The Hall–Kier alpha value is -3.35. The van der Waals surface area contributed by atoms with Crippen LogP contribution in [0.25, 0.3) is 11.1 Å². The smallest absolute Gasteiger partial charge is 0.407 e. The SMILES string of the molecule is CCC(CNC(=O)CNC(=O)OCC1c2ccccc2-c2ccccc21)C(=O)O. The van der Waals surface area contributed by atoms with Crippen LogP contribution < -0.4 is 10.6 Å². The number of nitrogens with one attached hydrogen (secondary N) is 2. The molecule has 0 saturated carbocycles. The number of hydrogen-bond acceptors (Lipinski definition) is 4. The van der Waals surface area contributed by atoms with E-state index in [4.69, 9.17) is 9.84 Å². The lowest BCUT2D eigenvalue weighted by atomic mass is 9.98. The molecule has 0 radical (unpaired) electrons. The molecule has 1 aliphatic carbocycles. The van der Waals surface area contributed by atoms with Crippen LogP contribution in [0, 0.1) is 5.92 Å². The Labute approximate surface area is 169 Å². The second kappa shape index (κ2) is 9.23. The van der Waals surface area contributed by atoms with Crippen molar-refractivity contribution < 1.29 is 24.2 Å². The lowest BCUT2D eigenvalue weighted by Crippen LogP contribution is -2.40. The largest absolute Gasteiger partial charge is 0.481 e.